The first kappa shape index (κ1) is 15.3. The lowest BCUT2D eigenvalue weighted by Gasteiger charge is -2.28. The van der Waals surface area contributed by atoms with Crippen molar-refractivity contribution in [3.63, 3.8) is 0 Å². The normalized spacial score (nSPS) is 14.8. The second-order valence-electron chi connectivity index (χ2n) is 3.75. The quantitative estimate of drug-likeness (QED) is 0.430. The van der Waals surface area contributed by atoms with Crippen molar-refractivity contribution in [1.82, 2.24) is 5.32 Å². The average Bonchev–Trinajstić information content (AvgIpc) is 2.35. The monoisotopic (exact) mass is 278 g/mol. The molecule has 1 aromatic carbocycles. The largest absolute Gasteiger partial charge is 0.466 e. The van der Waals surface area contributed by atoms with Crippen LogP contribution in [0.3, 0.4) is 0 Å². The van der Waals surface area contributed by atoms with Crippen LogP contribution in [-0.2, 0) is 16.1 Å². The molecule has 0 heterocycles. The molecule has 0 saturated carbocycles. The van der Waals surface area contributed by atoms with Gasteiger partial charge in [0, 0.05) is 12.2 Å². The topological polar surface area (TPSA) is 84.6 Å². The summed E-state index contributed by atoms with van der Waals surface area (Å²) in [4.78, 5) is 11.1. The average molecular weight is 278 g/mol. The highest BCUT2D eigenvalue weighted by atomic mass is 19.4. The van der Waals surface area contributed by atoms with Crippen LogP contribution in [0.4, 0.5) is 18.9 Å². The Labute approximate surface area is 107 Å². The summed E-state index contributed by atoms with van der Waals surface area (Å²) in [7, 11) is 0.748. The van der Waals surface area contributed by atoms with Crippen molar-refractivity contribution in [2.75, 3.05) is 12.8 Å². The molecule has 1 unspecified atom stereocenters. The number of carbonyl (C=O) groups is 1. The Balaban J connectivity index is 2.92. The summed E-state index contributed by atoms with van der Waals surface area (Å²) >= 11 is 0. The van der Waals surface area contributed by atoms with Crippen LogP contribution >= 0.6 is 0 Å². The number of carbonyl (C=O) groups excluding carboxylic acids is 1. The Kier molecular flexibility index (Phi) is 4.38. The third kappa shape index (κ3) is 3.15. The Morgan fingerprint density at radius 1 is 1.42 bits per heavy atom. The van der Waals surface area contributed by atoms with Gasteiger partial charge in [-0.2, -0.15) is 13.2 Å². The van der Waals surface area contributed by atoms with Gasteiger partial charge < -0.3 is 15.6 Å². The third-order valence-electron chi connectivity index (χ3n) is 2.48. The van der Waals surface area contributed by atoms with Crippen molar-refractivity contribution in [3.8, 4) is 0 Å². The molecule has 1 rings (SSSR count). The lowest BCUT2D eigenvalue weighted by Crippen LogP contribution is -2.62. The number of esters is 1. The minimum absolute atomic E-state index is 0.240. The second kappa shape index (κ2) is 5.45. The second-order valence-corrected chi connectivity index (χ2v) is 3.75. The fraction of sp³-hybridized carbons (Fsp3) is 0.364. The molecule has 0 aliphatic rings. The molecule has 0 spiro atoms. The number of nitrogens with two attached hydrogens (primary N) is 1. The van der Waals surface area contributed by atoms with Gasteiger partial charge in [0.2, 0.25) is 0 Å². The lowest BCUT2D eigenvalue weighted by molar-refractivity contribution is -0.272. The number of nitrogen functional groups attached to an aromatic ring is 1. The molecule has 0 saturated heterocycles. The van der Waals surface area contributed by atoms with Crippen molar-refractivity contribution in [1.29, 1.82) is 0 Å². The molecule has 0 aliphatic carbocycles. The highest BCUT2D eigenvalue weighted by molar-refractivity contribution is 5.79. The first-order chi connectivity index (χ1) is 8.72. The number of ether oxygens (including phenoxy) is 1. The maximum atomic E-state index is 12.7. The molecule has 0 aliphatic heterocycles. The van der Waals surface area contributed by atoms with Crippen molar-refractivity contribution in [2.45, 2.75) is 18.4 Å². The summed E-state index contributed by atoms with van der Waals surface area (Å²) in [5.74, 6) is -1.84. The van der Waals surface area contributed by atoms with Crippen molar-refractivity contribution < 1.29 is 27.8 Å². The predicted molar refractivity (Wildman–Crippen MR) is 60.7 cm³/mol. The van der Waals surface area contributed by atoms with Crippen LogP contribution in [0.15, 0.2) is 24.3 Å². The maximum absolute atomic E-state index is 12.7. The molecular weight excluding hydrogens is 265 g/mol. The summed E-state index contributed by atoms with van der Waals surface area (Å²) < 4.78 is 42.1. The molecule has 106 valence electrons. The van der Waals surface area contributed by atoms with E-state index in [4.69, 9.17) is 5.73 Å². The summed E-state index contributed by atoms with van der Waals surface area (Å²) in [6.45, 7) is -0.447. The number of rotatable bonds is 4. The van der Waals surface area contributed by atoms with E-state index in [-0.39, 0.29) is 5.69 Å². The molecule has 0 aromatic heterocycles. The number of benzene rings is 1. The molecule has 1 aromatic rings. The Morgan fingerprint density at radius 3 is 2.47 bits per heavy atom. The van der Waals surface area contributed by atoms with Crippen molar-refractivity contribution >= 4 is 11.7 Å². The zero-order valence-electron chi connectivity index (χ0n) is 9.99. The fourth-order valence-electron chi connectivity index (χ4n) is 1.35. The number of aliphatic hydroxyl groups is 1. The molecule has 0 fully saturated rings. The summed E-state index contributed by atoms with van der Waals surface area (Å²) in [5, 5.41) is 11.1. The molecule has 5 nitrogen and oxygen atoms in total. The minimum atomic E-state index is -5.22. The van der Waals surface area contributed by atoms with E-state index in [1.54, 1.807) is 17.4 Å². The van der Waals surface area contributed by atoms with Crippen LogP contribution in [-0.4, -0.2) is 30.1 Å². The molecule has 0 amide bonds. The van der Waals surface area contributed by atoms with Crippen molar-refractivity contribution in [2.24, 2.45) is 0 Å². The highest BCUT2D eigenvalue weighted by Gasteiger charge is 2.60. The smallest absolute Gasteiger partial charge is 0.442 e. The summed E-state index contributed by atoms with van der Waals surface area (Å²) in [6.07, 6.45) is -5.22. The molecular formula is C11H13F3N2O3. The van der Waals surface area contributed by atoms with E-state index in [0.29, 0.717) is 5.56 Å². The Bertz CT molecular complexity index is 465. The van der Waals surface area contributed by atoms with Gasteiger partial charge in [-0.15, -0.1) is 0 Å². The standard InChI is InChI=1S/C11H13F3N2O3/c1-19-9(17)10(18,11(12,13)14)16-6-7-4-2-3-5-8(7)15/h2-5,16,18H,6,15H2,1H3. The van der Waals surface area contributed by atoms with Crippen LogP contribution in [0.5, 0.6) is 0 Å². The van der Waals surface area contributed by atoms with Gasteiger partial charge in [0.15, 0.2) is 0 Å². The number of anilines is 1. The molecule has 8 heteroatoms. The van der Waals surface area contributed by atoms with Crippen LogP contribution in [0.25, 0.3) is 0 Å². The van der Waals surface area contributed by atoms with Gasteiger partial charge in [-0.3, -0.25) is 5.32 Å². The van der Waals surface area contributed by atoms with Crippen LogP contribution in [0.2, 0.25) is 0 Å². The minimum Gasteiger partial charge on any atom is -0.466 e. The first-order valence-corrected chi connectivity index (χ1v) is 5.18. The number of hydrogen-bond donors (Lipinski definition) is 3. The van der Waals surface area contributed by atoms with Crippen LogP contribution in [0, 0.1) is 0 Å². The maximum Gasteiger partial charge on any atom is 0.442 e. The number of alkyl halides is 3. The fourth-order valence-corrected chi connectivity index (χ4v) is 1.35. The third-order valence-corrected chi connectivity index (χ3v) is 2.48. The van der Waals surface area contributed by atoms with Crippen molar-refractivity contribution in [3.05, 3.63) is 29.8 Å². The van der Waals surface area contributed by atoms with Crippen LogP contribution in [0.1, 0.15) is 5.56 Å². The summed E-state index contributed by atoms with van der Waals surface area (Å²) in [5.41, 5.74) is 2.33. The number of nitrogens with one attached hydrogen (secondary N) is 1. The van der Waals surface area contributed by atoms with Gasteiger partial charge in [-0.25, -0.2) is 4.79 Å². The van der Waals surface area contributed by atoms with Gasteiger partial charge >= 0.3 is 17.9 Å². The number of hydrogen-bond acceptors (Lipinski definition) is 5. The van der Waals surface area contributed by atoms with Gasteiger partial charge in [0.25, 0.3) is 0 Å². The van der Waals surface area contributed by atoms with E-state index in [2.05, 4.69) is 4.74 Å². The first-order valence-electron chi connectivity index (χ1n) is 5.18. The Morgan fingerprint density at radius 2 is 2.00 bits per heavy atom. The van der Waals surface area contributed by atoms with E-state index in [1.807, 2.05) is 0 Å². The van der Waals surface area contributed by atoms with E-state index in [0.717, 1.165) is 7.11 Å². The van der Waals surface area contributed by atoms with E-state index < -0.39 is 24.4 Å². The molecule has 0 bridgehead atoms. The highest BCUT2D eigenvalue weighted by Crippen LogP contribution is 2.30. The van der Waals surface area contributed by atoms with Gasteiger partial charge in [0.05, 0.1) is 7.11 Å². The Hall–Kier alpha value is -1.80. The molecule has 4 N–H and O–H groups in total. The number of halogens is 3. The number of para-hydroxylation sites is 1. The van der Waals surface area contributed by atoms with E-state index in [1.165, 1.54) is 12.1 Å². The van der Waals surface area contributed by atoms with Gasteiger partial charge in [-0.05, 0) is 11.6 Å². The van der Waals surface area contributed by atoms with E-state index >= 15 is 0 Å². The molecule has 0 radical (unpaired) electrons. The predicted octanol–water partition coefficient (Wildman–Crippen LogP) is 0.782. The van der Waals surface area contributed by atoms with Gasteiger partial charge in [0.1, 0.15) is 0 Å². The molecule has 19 heavy (non-hydrogen) atoms. The van der Waals surface area contributed by atoms with E-state index in [9.17, 15) is 23.1 Å². The van der Waals surface area contributed by atoms with Crippen LogP contribution < -0.4 is 11.1 Å². The zero-order chi connectivity index (χ0) is 14.7. The number of methoxy groups -OCH3 is 1. The van der Waals surface area contributed by atoms with Gasteiger partial charge in [-0.1, -0.05) is 18.2 Å². The molecule has 1 atom stereocenters. The lowest BCUT2D eigenvalue weighted by atomic mass is 10.1. The zero-order valence-corrected chi connectivity index (χ0v) is 9.99. The SMILES string of the molecule is COC(=O)C(O)(NCc1ccccc1N)C(F)(F)F. The summed E-state index contributed by atoms with van der Waals surface area (Å²) in [6, 6.07) is 6.13.